The van der Waals surface area contributed by atoms with E-state index in [4.69, 9.17) is 5.11 Å². The Morgan fingerprint density at radius 1 is 1.16 bits per heavy atom. The fourth-order valence-electron chi connectivity index (χ4n) is 4.40. The maximum absolute atomic E-state index is 13.0. The molecule has 5 heteroatoms. The first-order chi connectivity index (χ1) is 12.0. The zero-order valence-corrected chi connectivity index (χ0v) is 15.1. The van der Waals surface area contributed by atoms with Crippen molar-refractivity contribution in [3.63, 3.8) is 0 Å². The van der Waals surface area contributed by atoms with Crippen LogP contribution in [-0.2, 0) is 11.2 Å². The Bertz CT molecular complexity index is 644. The second-order valence-electron chi connectivity index (χ2n) is 7.71. The molecule has 25 heavy (non-hydrogen) atoms. The number of hydrogen-bond acceptors (Lipinski definition) is 3. The van der Waals surface area contributed by atoms with Crippen molar-refractivity contribution in [1.29, 1.82) is 0 Å². The van der Waals surface area contributed by atoms with Crippen LogP contribution in [0.15, 0.2) is 24.3 Å². The lowest BCUT2D eigenvalue weighted by atomic mass is 9.79. The van der Waals surface area contributed by atoms with Gasteiger partial charge in [0.2, 0.25) is 0 Å². The van der Waals surface area contributed by atoms with Gasteiger partial charge in [-0.3, -0.25) is 9.59 Å². The molecular weight excluding hydrogens is 316 g/mol. The van der Waals surface area contributed by atoms with E-state index in [9.17, 15) is 9.59 Å². The lowest BCUT2D eigenvalue weighted by molar-refractivity contribution is -0.136. The van der Waals surface area contributed by atoms with Gasteiger partial charge in [-0.15, -0.1) is 0 Å². The summed E-state index contributed by atoms with van der Waals surface area (Å²) in [7, 11) is 4.28. The van der Waals surface area contributed by atoms with Gasteiger partial charge in [0.15, 0.2) is 0 Å². The first-order valence-corrected chi connectivity index (χ1v) is 9.21. The van der Waals surface area contributed by atoms with Crippen molar-refractivity contribution in [3.05, 3.63) is 35.4 Å². The number of benzene rings is 1. The summed E-state index contributed by atoms with van der Waals surface area (Å²) < 4.78 is 0. The molecule has 1 saturated heterocycles. The highest BCUT2D eigenvalue weighted by molar-refractivity contribution is 5.96. The number of hydrogen-bond donors (Lipinski definition) is 1. The number of carboxylic acid groups (broad SMARTS) is 1. The van der Waals surface area contributed by atoms with E-state index in [2.05, 4.69) is 19.0 Å². The molecule has 1 aromatic rings. The molecule has 0 aromatic heterocycles. The van der Waals surface area contributed by atoms with Crippen molar-refractivity contribution in [2.45, 2.75) is 38.1 Å². The number of rotatable bonds is 5. The number of carboxylic acids is 1. The molecule has 136 valence electrons. The Morgan fingerprint density at radius 2 is 1.88 bits per heavy atom. The standard InChI is InChI=1S/C20H28N2O3/c1-21(2)17-9-7-15-12-22(13-16(15)11-17)20(25)18-6-4-3-5-14(18)8-10-19(23)24/h3-6,15-17H,7-13H2,1-2H3,(H,23,24). The van der Waals surface area contributed by atoms with E-state index < -0.39 is 5.97 Å². The van der Waals surface area contributed by atoms with Crippen molar-refractivity contribution in [2.24, 2.45) is 11.8 Å². The minimum Gasteiger partial charge on any atom is -0.481 e. The molecular formula is C20H28N2O3. The number of nitrogens with zero attached hydrogens (tertiary/aromatic N) is 2. The first kappa shape index (κ1) is 17.9. The van der Waals surface area contributed by atoms with Gasteiger partial charge in [0.1, 0.15) is 0 Å². The van der Waals surface area contributed by atoms with Crippen LogP contribution in [0.5, 0.6) is 0 Å². The summed E-state index contributed by atoms with van der Waals surface area (Å²) in [6.07, 6.45) is 4.03. The second-order valence-corrected chi connectivity index (χ2v) is 7.71. The summed E-state index contributed by atoms with van der Waals surface area (Å²) in [5, 5.41) is 8.93. The van der Waals surface area contributed by atoms with Crippen LogP contribution >= 0.6 is 0 Å². The van der Waals surface area contributed by atoms with Crippen LogP contribution < -0.4 is 0 Å². The van der Waals surface area contributed by atoms with E-state index >= 15 is 0 Å². The van der Waals surface area contributed by atoms with Crippen molar-refractivity contribution >= 4 is 11.9 Å². The predicted octanol–water partition coefficient (Wildman–Crippen LogP) is 2.51. The summed E-state index contributed by atoms with van der Waals surface area (Å²) in [6, 6.07) is 8.08. The molecule has 2 fully saturated rings. The van der Waals surface area contributed by atoms with E-state index in [1.54, 1.807) is 0 Å². The number of amides is 1. The molecule has 3 atom stereocenters. The van der Waals surface area contributed by atoms with Gasteiger partial charge in [0.05, 0.1) is 0 Å². The van der Waals surface area contributed by atoms with E-state index in [1.165, 1.54) is 19.3 Å². The van der Waals surface area contributed by atoms with Gasteiger partial charge in [0, 0.05) is 31.1 Å². The van der Waals surface area contributed by atoms with E-state index in [1.807, 2.05) is 29.2 Å². The Hall–Kier alpha value is -1.88. The number of carbonyl (C=O) groups excluding carboxylic acids is 1. The van der Waals surface area contributed by atoms with E-state index in [-0.39, 0.29) is 12.3 Å². The third kappa shape index (κ3) is 4.03. The lowest BCUT2D eigenvalue weighted by Crippen LogP contribution is -2.36. The molecule has 2 aliphatic rings. The number of aliphatic carboxylic acids is 1. The highest BCUT2D eigenvalue weighted by atomic mass is 16.4. The molecule has 5 nitrogen and oxygen atoms in total. The highest BCUT2D eigenvalue weighted by Crippen LogP contribution is 2.38. The molecule has 1 aliphatic heterocycles. The fraction of sp³-hybridized carbons (Fsp3) is 0.600. The zero-order valence-electron chi connectivity index (χ0n) is 15.1. The number of fused-ring (bicyclic) bond motifs is 1. The molecule has 3 rings (SSSR count). The van der Waals surface area contributed by atoms with Crippen molar-refractivity contribution in [1.82, 2.24) is 9.80 Å². The van der Waals surface area contributed by atoms with Gasteiger partial charge >= 0.3 is 5.97 Å². The minimum atomic E-state index is -0.829. The summed E-state index contributed by atoms with van der Waals surface area (Å²) in [5.41, 5.74) is 1.52. The molecule has 1 N–H and O–H groups in total. The van der Waals surface area contributed by atoms with E-state index in [0.717, 1.165) is 18.7 Å². The molecule has 0 spiro atoms. The van der Waals surface area contributed by atoms with Crippen LogP contribution in [0.2, 0.25) is 0 Å². The smallest absolute Gasteiger partial charge is 0.303 e. The topological polar surface area (TPSA) is 60.9 Å². The molecule has 0 bridgehead atoms. The lowest BCUT2D eigenvalue weighted by Gasteiger charge is -2.34. The van der Waals surface area contributed by atoms with Gasteiger partial charge < -0.3 is 14.9 Å². The Balaban J connectivity index is 1.69. The van der Waals surface area contributed by atoms with Gasteiger partial charge in [-0.1, -0.05) is 18.2 Å². The van der Waals surface area contributed by atoms with Crippen LogP contribution in [0.25, 0.3) is 0 Å². The van der Waals surface area contributed by atoms with Gasteiger partial charge in [0.25, 0.3) is 5.91 Å². The average Bonchev–Trinajstić information content (AvgIpc) is 3.02. The average molecular weight is 344 g/mol. The molecule has 0 radical (unpaired) electrons. The molecule has 1 saturated carbocycles. The minimum absolute atomic E-state index is 0.0556. The Labute approximate surface area is 149 Å². The molecule has 1 amide bonds. The molecule has 3 unspecified atom stereocenters. The third-order valence-electron chi connectivity index (χ3n) is 5.90. The Kier molecular flexibility index (Phi) is 5.42. The van der Waals surface area contributed by atoms with Crippen LogP contribution in [-0.4, -0.2) is 60.0 Å². The third-order valence-corrected chi connectivity index (χ3v) is 5.90. The van der Waals surface area contributed by atoms with Crippen molar-refractivity contribution < 1.29 is 14.7 Å². The summed E-state index contributed by atoms with van der Waals surface area (Å²) in [4.78, 5) is 28.2. The maximum atomic E-state index is 13.0. The monoisotopic (exact) mass is 344 g/mol. The number of aryl methyl sites for hydroxylation is 1. The van der Waals surface area contributed by atoms with E-state index in [0.29, 0.717) is 29.9 Å². The number of carbonyl (C=O) groups is 2. The summed E-state index contributed by atoms with van der Waals surface area (Å²) >= 11 is 0. The van der Waals surface area contributed by atoms with Crippen LogP contribution in [0, 0.1) is 11.8 Å². The molecule has 1 heterocycles. The quantitative estimate of drug-likeness (QED) is 0.891. The molecule has 1 aliphatic carbocycles. The predicted molar refractivity (Wildman–Crippen MR) is 96.6 cm³/mol. The largest absolute Gasteiger partial charge is 0.481 e. The zero-order chi connectivity index (χ0) is 18.0. The molecule has 1 aromatic carbocycles. The highest BCUT2D eigenvalue weighted by Gasteiger charge is 2.40. The second kappa shape index (κ2) is 7.56. The normalized spacial score (nSPS) is 25.9. The summed E-state index contributed by atoms with van der Waals surface area (Å²) in [5.74, 6) is 0.448. The maximum Gasteiger partial charge on any atom is 0.303 e. The first-order valence-electron chi connectivity index (χ1n) is 9.21. The SMILES string of the molecule is CN(C)C1CCC2CN(C(=O)c3ccccc3CCC(=O)O)CC2C1. The van der Waals surface area contributed by atoms with Crippen LogP contribution in [0.3, 0.4) is 0 Å². The van der Waals surface area contributed by atoms with Crippen LogP contribution in [0.1, 0.15) is 41.6 Å². The fourth-order valence-corrected chi connectivity index (χ4v) is 4.40. The van der Waals surface area contributed by atoms with Gasteiger partial charge in [-0.05, 0) is 63.2 Å². The van der Waals surface area contributed by atoms with Crippen LogP contribution in [0.4, 0.5) is 0 Å². The van der Waals surface area contributed by atoms with Gasteiger partial charge in [-0.25, -0.2) is 0 Å². The van der Waals surface area contributed by atoms with Gasteiger partial charge in [-0.2, -0.15) is 0 Å². The van der Waals surface area contributed by atoms with Crippen molar-refractivity contribution in [2.75, 3.05) is 27.2 Å². The number of likely N-dealkylation sites (tertiary alicyclic amines) is 1. The Morgan fingerprint density at radius 3 is 2.60 bits per heavy atom. The van der Waals surface area contributed by atoms with Crippen molar-refractivity contribution in [3.8, 4) is 0 Å². The summed E-state index contributed by atoms with van der Waals surface area (Å²) in [6.45, 7) is 1.68.